The zero-order valence-electron chi connectivity index (χ0n) is 19.9. The van der Waals surface area contributed by atoms with Crippen molar-refractivity contribution in [3.63, 3.8) is 0 Å². The molecule has 0 radical (unpaired) electrons. The standard InChI is InChI=1S/C26H32N4O4/c1-3-34-21-9-7-20(8-10-21)30-25(32)22-11-6-19(18-23(22)26(30)33)24(31)27-12-4-5-13-29-16-14-28(2)15-17-29/h6-11,18H,3-5,12-17H2,1-2H3,(H,27,31). The molecule has 4 rings (SSSR count). The van der Waals surface area contributed by atoms with Gasteiger partial charge in [-0.25, -0.2) is 4.90 Å². The summed E-state index contributed by atoms with van der Waals surface area (Å²) in [6, 6.07) is 11.5. The highest BCUT2D eigenvalue weighted by Gasteiger charge is 2.37. The van der Waals surface area contributed by atoms with E-state index in [0.717, 1.165) is 50.5 Å². The van der Waals surface area contributed by atoms with Crippen LogP contribution in [-0.2, 0) is 0 Å². The number of nitrogens with zero attached hydrogens (tertiary/aromatic N) is 3. The van der Waals surface area contributed by atoms with E-state index in [4.69, 9.17) is 4.74 Å². The number of fused-ring (bicyclic) bond motifs is 1. The van der Waals surface area contributed by atoms with Crippen LogP contribution < -0.4 is 15.0 Å². The lowest BCUT2D eigenvalue weighted by atomic mass is 10.1. The van der Waals surface area contributed by atoms with Gasteiger partial charge in [0.15, 0.2) is 0 Å². The molecular formula is C26H32N4O4. The van der Waals surface area contributed by atoms with Gasteiger partial charge in [-0.1, -0.05) is 0 Å². The second-order valence-electron chi connectivity index (χ2n) is 8.74. The number of hydrogen-bond donors (Lipinski definition) is 1. The number of rotatable bonds is 9. The number of imide groups is 1. The zero-order valence-corrected chi connectivity index (χ0v) is 19.9. The van der Waals surface area contributed by atoms with Crippen LogP contribution in [0.3, 0.4) is 0 Å². The monoisotopic (exact) mass is 464 g/mol. The molecule has 8 nitrogen and oxygen atoms in total. The summed E-state index contributed by atoms with van der Waals surface area (Å²) in [5.74, 6) is -0.376. The fourth-order valence-corrected chi connectivity index (χ4v) is 4.31. The molecular weight excluding hydrogens is 432 g/mol. The Morgan fingerprint density at radius 1 is 0.941 bits per heavy atom. The third-order valence-electron chi connectivity index (χ3n) is 6.34. The Balaban J connectivity index is 1.32. The lowest BCUT2D eigenvalue weighted by molar-refractivity contribution is 0.0923. The predicted octanol–water partition coefficient (Wildman–Crippen LogP) is 2.64. The van der Waals surface area contributed by atoms with E-state index in [2.05, 4.69) is 22.2 Å². The molecule has 0 atom stereocenters. The highest BCUT2D eigenvalue weighted by molar-refractivity contribution is 6.34. The number of hydrogen-bond acceptors (Lipinski definition) is 6. The van der Waals surface area contributed by atoms with Gasteiger partial charge in [-0.05, 0) is 75.8 Å². The quantitative estimate of drug-likeness (QED) is 0.454. The van der Waals surface area contributed by atoms with Gasteiger partial charge in [-0.3, -0.25) is 14.4 Å². The summed E-state index contributed by atoms with van der Waals surface area (Å²) in [5.41, 5.74) is 1.41. The van der Waals surface area contributed by atoms with Gasteiger partial charge in [0.05, 0.1) is 23.4 Å². The minimum atomic E-state index is -0.425. The summed E-state index contributed by atoms with van der Waals surface area (Å²) in [6.07, 6.45) is 1.92. The summed E-state index contributed by atoms with van der Waals surface area (Å²) in [7, 11) is 2.15. The second kappa shape index (κ2) is 10.8. The van der Waals surface area contributed by atoms with Crippen molar-refractivity contribution >= 4 is 23.4 Å². The maximum absolute atomic E-state index is 13.0. The van der Waals surface area contributed by atoms with Crippen LogP contribution in [0.5, 0.6) is 5.75 Å². The summed E-state index contributed by atoms with van der Waals surface area (Å²) in [6.45, 7) is 8.44. The average Bonchev–Trinajstić information content (AvgIpc) is 3.10. The number of amides is 3. The average molecular weight is 465 g/mol. The van der Waals surface area contributed by atoms with Gasteiger partial charge in [-0.2, -0.15) is 0 Å². The van der Waals surface area contributed by atoms with Gasteiger partial charge >= 0.3 is 0 Å². The van der Waals surface area contributed by atoms with Gasteiger partial charge in [0, 0.05) is 38.3 Å². The fourth-order valence-electron chi connectivity index (χ4n) is 4.31. The molecule has 0 saturated carbocycles. The number of carbonyl (C=O) groups excluding carboxylic acids is 3. The van der Waals surface area contributed by atoms with Crippen LogP contribution >= 0.6 is 0 Å². The summed E-state index contributed by atoms with van der Waals surface area (Å²) in [4.78, 5) is 44.4. The lowest BCUT2D eigenvalue weighted by Gasteiger charge is -2.32. The molecule has 1 N–H and O–H groups in total. The van der Waals surface area contributed by atoms with Crippen molar-refractivity contribution in [2.75, 3.05) is 57.8 Å². The molecule has 3 amide bonds. The Labute approximate surface area is 200 Å². The molecule has 2 aliphatic rings. The number of carbonyl (C=O) groups is 3. The van der Waals surface area contributed by atoms with Gasteiger partial charge in [-0.15, -0.1) is 0 Å². The number of ether oxygens (including phenoxy) is 1. The third kappa shape index (κ3) is 5.29. The smallest absolute Gasteiger partial charge is 0.266 e. The van der Waals surface area contributed by atoms with Gasteiger partial charge in [0.1, 0.15) is 5.75 Å². The number of piperazine rings is 1. The molecule has 2 aromatic rings. The minimum Gasteiger partial charge on any atom is -0.494 e. The van der Waals surface area contributed by atoms with E-state index in [1.807, 2.05) is 6.92 Å². The Morgan fingerprint density at radius 2 is 1.65 bits per heavy atom. The van der Waals surface area contributed by atoms with Crippen LogP contribution in [-0.4, -0.2) is 80.4 Å². The highest BCUT2D eigenvalue weighted by Crippen LogP contribution is 2.30. The van der Waals surface area contributed by atoms with E-state index < -0.39 is 5.91 Å². The van der Waals surface area contributed by atoms with Crippen LogP contribution in [0.25, 0.3) is 0 Å². The van der Waals surface area contributed by atoms with Crippen molar-refractivity contribution in [1.82, 2.24) is 15.1 Å². The van der Waals surface area contributed by atoms with Crippen molar-refractivity contribution < 1.29 is 19.1 Å². The second-order valence-corrected chi connectivity index (χ2v) is 8.74. The Bertz CT molecular complexity index is 1050. The van der Waals surface area contributed by atoms with Gasteiger partial charge < -0.3 is 19.9 Å². The van der Waals surface area contributed by atoms with Crippen molar-refractivity contribution in [2.24, 2.45) is 0 Å². The van der Waals surface area contributed by atoms with Crippen LogP contribution in [0.15, 0.2) is 42.5 Å². The first-order valence-electron chi connectivity index (χ1n) is 11.9. The van der Waals surface area contributed by atoms with E-state index in [1.165, 1.54) is 6.07 Å². The van der Waals surface area contributed by atoms with Crippen molar-refractivity contribution in [3.8, 4) is 5.75 Å². The molecule has 34 heavy (non-hydrogen) atoms. The first-order chi connectivity index (χ1) is 16.5. The third-order valence-corrected chi connectivity index (χ3v) is 6.34. The van der Waals surface area contributed by atoms with E-state index in [0.29, 0.717) is 35.7 Å². The number of likely N-dealkylation sites (N-methyl/N-ethyl adjacent to an activating group) is 1. The first kappa shape index (κ1) is 23.9. The van der Waals surface area contributed by atoms with Crippen molar-refractivity contribution in [2.45, 2.75) is 19.8 Å². The number of nitrogens with one attached hydrogen (secondary N) is 1. The normalized spacial score (nSPS) is 16.6. The molecule has 8 heteroatoms. The molecule has 180 valence electrons. The Morgan fingerprint density at radius 3 is 2.35 bits per heavy atom. The molecule has 2 heterocycles. The number of anilines is 1. The molecule has 1 fully saturated rings. The lowest BCUT2D eigenvalue weighted by Crippen LogP contribution is -2.44. The molecule has 0 unspecified atom stereocenters. The van der Waals surface area contributed by atoms with E-state index in [9.17, 15) is 14.4 Å². The van der Waals surface area contributed by atoms with E-state index in [1.54, 1.807) is 36.4 Å². The molecule has 0 bridgehead atoms. The van der Waals surface area contributed by atoms with Crippen LogP contribution in [0, 0.1) is 0 Å². The molecule has 0 spiro atoms. The maximum atomic E-state index is 13.0. The molecule has 0 aliphatic carbocycles. The van der Waals surface area contributed by atoms with Crippen molar-refractivity contribution in [3.05, 3.63) is 59.2 Å². The number of benzene rings is 2. The Hall–Kier alpha value is -3.23. The van der Waals surface area contributed by atoms with Crippen LogP contribution in [0.1, 0.15) is 50.8 Å². The molecule has 0 aromatic heterocycles. The predicted molar refractivity (Wildman–Crippen MR) is 131 cm³/mol. The summed E-state index contributed by atoms with van der Waals surface area (Å²) in [5, 5.41) is 2.93. The largest absolute Gasteiger partial charge is 0.494 e. The Kier molecular flexibility index (Phi) is 7.59. The highest BCUT2D eigenvalue weighted by atomic mass is 16.5. The van der Waals surface area contributed by atoms with Gasteiger partial charge in [0.2, 0.25) is 0 Å². The zero-order chi connectivity index (χ0) is 24.1. The SMILES string of the molecule is CCOc1ccc(N2C(=O)c3ccc(C(=O)NCCCCN4CCN(C)CC4)cc3C2=O)cc1. The molecule has 2 aliphatic heterocycles. The summed E-state index contributed by atoms with van der Waals surface area (Å²) >= 11 is 0. The van der Waals surface area contributed by atoms with Crippen LogP contribution in [0.4, 0.5) is 5.69 Å². The van der Waals surface area contributed by atoms with Gasteiger partial charge in [0.25, 0.3) is 17.7 Å². The molecule has 1 saturated heterocycles. The molecule has 2 aromatic carbocycles. The fraction of sp³-hybridized carbons (Fsp3) is 0.423. The van der Waals surface area contributed by atoms with Crippen molar-refractivity contribution in [1.29, 1.82) is 0 Å². The topological polar surface area (TPSA) is 82.2 Å². The van der Waals surface area contributed by atoms with E-state index >= 15 is 0 Å². The van der Waals surface area contributed by atoms with Crippen LogP contribution in [0.2, 0.25) is 0 Å². The number of unbranched alkanes of at least 4 members (excludes halogenated alkanes) is 1. The minimum absolute atomic E-state index is 0.234. The maximum Gasteiger partial charge on any atom is 0.266 e. The van der Waals surface area contributed by atoms with E-state index in [-0.39, 0.29) is 17.4 Å². The summed E-state index contributed by atoms with van der Waals surface area (Å²) < 4.78 is 5.43. The first-order valence-corrected chi connectivity index (χ1v) is 11.9.